The number of allylic oxidation sites excluding steroid dienone is 2. The molecule has 4 heteroatoms. The van der Waals surface area contributed by atoms with Gasteiger partial charge in [-0.15, -0.1) is 0 Å². The lowest BCUT2D eigenvalue weighted by atomic mass is 10.6. The van der Waals surface area contributed by atoms with Gasteiger partial charge in [0.25, 0.3) is 0 Å². The van der Waals surface area contributed by atoms with Gasteiger partial charge in [0.2, 0.25) is 9.03 Å². The molecule has 42 valence electrons. The van der Waals surface area contributed by atoms with Crippen LogP contribution in [0.25, 0.3) is 0 Å². The van der Waals surface area contributed by atoms with E-state index in [1.54, 1.807) is 0 Å². The molecule has 8 heavy (non-hydrogen) atoms. The normalized spacial score (nSPS) is 18.2. The number of hydrogen-bond donors (Lipinski definition) is 0. The molecule has 0 amide bonds. The maximum Gasteiger partial charge on any atom is 0.201 e. The SMILES string of the molecule is [O-]C1=CC=C([O-])[N+]1=P. The first kappa shape index (κ1) is 5.32. The van der Waals surface area contributed by atoms with Crippen LogP contribution < -0.4 is 10.2 Å². The van der Waals surface area contributed by atoms with Crippen molar-refractivity contribution in [2.75, 3.05) is 0 Å². The molecule has 0 atom stereocenters. The van der Waals surface area contributed by atoms with Crippen molar-refractivity contribution in [3.05, 3.63) is 23.9 Å². The van der Waals surface area contributed by atoms with Gasteiger partial charge in [-0.2, -0.15) is 4.33 Å². The number of rotatable bonds is 0. The minimum Gasteiger partial charge on any atom is -0.823 e. The molecule has 0 saturated carbocycles. The van der Waals surface area contributed by atoms with Crippen LogP contribution in [-0.4, -0.2) is 4.33 Å². The first-order chi connectivity index (χ1) is 3.72. The average Bonchev–Trinajstić information content (AvgIpc) is 1.98. The average molecular weight is 128 g/mol. The third-order valence-corrected chi connectivity index (χ3v) is 1.25. The minimum absolute atomic E-state index is 0.327. The first-order valence-electron chi connectivity index (χ1n) is 1.99. The Balaban J connectivity index is 2.92. The Kier molecular flexibility index (Phi) is 1.06. The zero-order valence-electron chi connectivity index (χ0n) is 3.92. The molecule has 0 N–H and O–H groups in total. The molecule has 0 aromatic rings. The van der Waals surface area contributed by atoms with E-state index >= 15 is 0 Å². The van der Waals surface area contributed by atoms with Gasteiger partial charge in [-0.25, -0.2) is 0 Å². The number of nitrogens with zero attached hydrogens (tertiary/aromatic N) is 1. The lowest BCUT2D eigenvalue weighted by molar-refractivity contribution is -0.624. The molecular formula is C4H3NO2P-. The van der Waals surface area contributed by atoms with Gasteiger partial charge >= 0.3 is 0 Å². The summed E-state index contributed by atoms with van der Waals surface area (Å²) in [6.07, 6.45) is 2.41. The lowest BCUT2D eigenvalue weighted by Gasteiger charge is -2.04. The fourth-order valence-corrected chi connectivity index (χ4v) is 0.549. The van der Waals surface area contributed by atoms with Crippen LogP contribution in [0.2, 0.25) is 0 Å². The Hall–Kier alpha value is -0.820. The van der Waals surface area contributed by atoms with Crippen molar-refractivity contribution in [2.24, 2.45) is 0 Å². The van der Waals surface area contributed by atoms with Gasteiger partial charge in [-0.3, -0.25) is 0 Å². The van der Waals surface area contributed by atoms with E-state index < -0.39 is 0 Å². The van der Waals surface area contributed by atoms with Crippen molar-refractivity contribution in [1.82, 2.24) is 0 Å². The zero-order valence-corrected chi connectivity index (χ0v) is 4.92. The molecule has 0 aromatic carbocycles. The van der Waals surface area contributed by atoms with Crippen LogP contribution in [0.3, 0.4) is 0 Å². The van der Waals surface area contributed by atoms with Crippen molar-refractivity contribution in [3.8, 4) is 0 Å². The van der Waals surface area contributed by atoms with E-state index in [0.717, 1.165) is 4.33 Å². The van der Waals surface area contributed by atoms with Crippen LogP contribution in [0.15, 0.2) is 23.9 Å². The van der Waals surface area contributed by atoms with Crippen molar-refractivity contribution < 1.29 is 14.5 Å². The van der Waals surface area contributed by atoms with E-state index in [0.29, 0.717) is 0 Å². The Morgan fingerprint density at radius 2 is 1.62 bits per heavy atom. The molecule has 0 unspecified atom stereocenters. The largest absolute Gasteiger partial charge is 0.823 e. The predicted octanol–water partition coefficient (Wildman–Crippen LogP) is -1.26. The Labute approximate surface area is 48.5 Å². The highest BCUT2D eigenvalue weighted by atomic mass is 31.0. The molecule has 0 aromatic heterocycles. The van der Waals surface area contributed by atoms with Gasteiger partial charge in [0.1, 0.15) is 0 Å². The maximum atomic E-state index is 10.4. The second kappa shape index (κ2) is 1.60. The highest BCUT2D eigenvalue weighted by molar-refractivity contribution is 7.00. The van der Waals surface area contributed by atoms with Crippen LogP contribution >= 0.6 is 9.03 Å². The van der Waals surface area contributed by atoms with E-state index in [1.807, 2.05) is 0 Å². The minimum atomic E-state index is -0.327. The summed E-state index contributed by atoms with van der Waals surface area (Å²) < 4.78 is 0.861. The molecule has 1 heterocycles. The Bertz CT molecular complexity index is 174. The van der Waals surface area contributed by atoms with Gasteiger partial charge in [-0.05, 0) is 0 Å². The van der Waals surface area contributed by atoms with E-state index in [4.69, 9.17) is 0 Å². The smallest absolute Gasteiger partial charge is 0.201 e. The van der Waals surface area contributed by atoms with E-state index in [1.165, 1.54) is 12.2 Å². The first-order valence-corrected chi connectivity index (χ1v) is 2.44. The molecule has 1 aliphatic rings. The Morgan fingerprint density at radius 1 is 1.25 bits per heavy atom. The monoisotopic (exact) mass is 128 g/mol. The standard InChI is InChI=1S/C4H4NO2P/c6-3-1-2-4(7)5(3)8/h1-2,8H,(H-,6,7)/p-1. The van der Waals surface area contributed by atoms with Gasteiger partial charge in [-0.1, -0.05) is 0 Å². The molecule has 0 aliphatic carbocycles. The van der Waals surface area contributed by atoms with Gasteiger partial charge in [0.05, 0.1) is 0 Å². The highest BCUT2D eigenvalue weighted by Gasteiger charge is 2.03. The van der Waals surface area contributed by atoms with Crippen LogP contribution in [0, 0.1) is 0 Å². The van der Waals surface area contributed by atoms with Crippen molar-refractivity contribution in [2.45, 2.75) is 0 Å². The summed E-state index contributed by atoms with van der Waals surface area (Å²) in [4.78, 5) is 0. The lowest BCUT2D eigenvalue weighted by Crippen LogP contribution is -2.18. The fraction of sp³-hybridized carbons (Fsp3) is 0. The van der Waals surface area contributed by atoms with Crippen molar-refractivity contribution in [3.63, 3.8) is 0 Å². The van der Waals surface area contributed by atoms with Gasteiger partial charge < -0.3 is 10.2 Å². The molecule has 0 saturated heterocycles. The second-order valence-corrected chi connectivity index (χ2v) is 1.79. The fourth-order valence-electron chi connectivity index (χ4n) is 0.400. The summed E-state index contributed by atoms with van der Waals surface area (Å²) in [7, 11) is 2.79. The van der Waals surface area contributed by atoms with Crippen LogP contribution in [-0.2, 0) is 0 Å². The third kappa shape index (κ3) is 0.610. The number of hydrogen-bond acceptors (Lipinski definition) is 2. The molecule has 1 rings (SSSR count). The summed E-state index contributed by atoms with van der Waals surface area (Å²) in [5.41, 5.74) is 0. The summed E-state index contributed by atoms with van der Waals surface area (Å²) in [6.45, 7) is 0. The Morgan fingerprint density at radius 3 is 1.75 bits per heavy atom. The van der Waals surface area contributed by atoms with Gasteiger partial charge in [0.15, 0.2) is 11.8 Å². The van der Waals surface area contributed by atoms with Crippen LogP contribution in [0.1, 0.15) is 0 Å². The molecule has 0 radical (unpaired) electrons. The molecule has 0 spiro atoms. The molecular weight excluding hydrogens is 125 g/mol. The third-order valence-electron chi connectivity index (χ3n) is 0.809. The molecule has 0 fully saturated rings. The summed E-state index contributed by atoms with van der Waals surface area (Å²) in [6, 6.07) is 0. The predicted molar refractivity (Wildman–Crippen MR) is 24.7 cm³/mol. The molecule has 0 bridgehead atoms. The molecule has 1 aliphatic heterocycles. The summed E-state index contributed by atoms with van der Waals surface area (Å²) >= 11 is 0. The van der Waals surface area contributed by atoms with Crippen molar-refractivity contribution in [1.29, 1.82) is 0 Å². The molecule has 3 nitrogen and oxygen atoms in total. The zero-order chi connectivity index (χ0) is 6.15. The van der Waals surface area contributed by atoms with E-state index in [2.05, 4.69) is 9.03 Å². The highest BCUT2D eigenvalue weighted by Crippen LogP contribution is 2.05. The van der Waals surface area contributed by atoms with Crippen molar-refractivity contribution >= 4 is 9.03 Å². The van der Waals surface area contributed by atoms with E-state index in [-0.39, 0.29) is 11.8 Å². The maximum absolute atomic E-state index is 10.4. The topological polar surface area (TPSA) is 49.1 Å². The van der Waals surface area contributed by atoms with Crippen LogP contribution in [0.5, 0.6) is 0 Å². The summed E-state index contributed by atoms with van der Waals surface area (Å²) in [5.74, 6) is -0.654. The summed E-state index contributed by atoms with van der Waals surface area (Å²) in [5, 5.41) is 20.7. The van der Waals surface area contributed by atoms with Crippen LogP contribution in [0.4, 0.5) is 0 Å². The van der Waals surface area contributed by atoms with Gasteiger partial charge in [0, 0.05) is 12.2 Å². The second-order valence-electron chi connectivity index (χ2n) is 1.35. The quantitative estimate of drug-likeness (QED) is 0.382. The van der Waals surface area contributed by atoms with E-state index in [9.17, 15) is 10.2 Å².